The smallest absolute Gasteiger partial charge is 0.264 e. The van der Waals surface area contributed by atoms with Crippen molar-refractivity contribution >= 4 is 21.6 Å². The molecule has 1 unspecified atom stereocenters. The molecule has 2 aromatic carbocycles. The number of nitrogens with zero attached hydrogens (tertiary/aromatic N) is 1. The van der Waals surface area contributed by atoms with Gasteiger partial charge in [0.2, 0.25) is 5.91 Å². The molecule has 0 aliphatic carbocycles. The monoisotopic (exact) mass is 448 g/mol. The third-order valence-electron chi connectivity index (χ3n) is 4.85. The van der Waals surface area contributed by atoms with Crippen LogP contribution in [0.3, 0.4) is 0 Å². The van der Waals surface area contributed by atoms with Gasteiger partial charge in [0.15, 0.2) is 11.5 Å². The summed E-state index contributed by atoms with van der Waals surface area (Å²) in [7, 11) is -1.13. The molecule has 2 aromatic rings. The number of carbonyl (C=O) groups is 1. The predicted molar refractivity (Wildman–Crippen MR) is 123 cm³/mol. The Morgan fingerprint density at radius 3 is 2.19 bits per heavy atom. The predicted octanol–water partition coefficient (Wildman–Crippen LogP) is 3.82. The molecule has 170 valence electrons. The summed E-state index contributed by atoms with van der Waals surface area (Å²) in [6.07, 6.45) is 1.74. The van der Waals surface area contributed by atoms with Crippen LogP contribution in [0.4, 0.5) is 5.69 Å². The Labute approximate surface area is 185 Å². The van der Waals surface area contributed by atoms with E-state index in [0.29, 0.717) is 17.2 Å². The minimum Gasteiger partial charge on any atom is -0.493 e. The SMILES string of the molecule is CCCC(C)NC(=O)CN(c1cc(C)cc(C)c1)S(=O)(=O)c1ccc(OC)c(OC)c1. The van der Waals surface area contributed by atoms with Crippen molar-refractivity contribution in [1.29, 1.82) is 0 Å². The van der Waals surface area contributed by atoms with Gasteiger partial charge in [0.1, 0.15) is 6.54 Å². The first-order valence-corrected chi connectivity index (χ1v) is 11.7. The molecule has 0 aromatic heterocycles. The second-order valence-corrected chi connectivity index (χ2v) is 9.49. The number of ether oxygens (including phenoxy) is 2. The summed E-state index contributed by atoms with van der Waals surface area (Å²) in [6, 6.07) is 9.82. The summed E-state index contributed by atoms with van der Waals surface area (Å²) in [6.45, 7) is 7.40. The van der Waals surface area contributed by atoms with E-state index in [4.69, 9.17) is 9.47 Å². The number of amides is 1. The van der Waals surface area contributed by atoms with Gasteiger partial charge in [-0.1, -0.05) is 19.4 Å². The quantitative estimate of drug-likeness (QED) is 0.597. The number of methoxy groups -OCH3 is 2. The molecule has 1 N–H and O–H groups in total. The normalized spacial score (nSPS) is 12.2. The van der Waals surface area contributed by atoms with Crippen molar-refractivity contribution in [2.24, 2.45) is 0 Å². The highest BCUT2D eigenvalue weighted by Crippen LogP contribution is 2.32. The molecule has 7 nitrogen and oxygen atoms in total. The number of nitrogens with one attached hydrogen (secondary N) is 1. The lowest BCUT2D eigenvalue weighted by molar-refractivity contribution is -0.120. The molecule has 1 amide bonds. The van der Waals surface area contributed by atoms with Crippen molar-refractivity contribution in [3.8, 4) is 11.5 Å². The maximum absolute atomic E-state index is 13.6. The van der Waals surface area contributed by atoms with Gasteiger partial charge in [0.25, 0.3) is 10.0 Å². The maximum Gasteiger partial charge on any atom is 0.264 e. The molecule has 0 radical (unpaired) electrons. The second-order valence-electron chi connectivity index (χ2n) is 7.63. The molecule has 0 aliphatic heterocycles. The third-order valence-corrected chi connectivity index (χ3v) is 6.62. The zero-order chi connectivity index (χ0) is 23.2. The van der Waals surface area contributed by atoms with Crippen molar-refractivity contribution in [3.63, 3.8) is 0 Å². The van der Waals surface area contributed by atoms with Gasteiger partial charge in [-0.15, -0.1) is 0 Å². The fourth-order valence-corrected chi connectivity index (χ4v) is 4.89. The van der Waals surface area contributed by atoms with Gasteiger partial charge in [-0.25, -0.2) is 8.42 Å². The molecule has 0 heterocycles. The first-order valence-electron chi connectivity index (χ1n) is 10.2. The van der Waals surface area contributed by atoms with E-state index in [2.05, 4.69) is 5.32 Å². The summed E-state index contributed by atoms with van der Waals surface area (Å²) in [5.74, 6) is 0.361. The Balaban J connectivity index is 2.51. The largest absolute Gasteiger partial charge is 0.493 e. The Morgan fingerprint density at radius 2 is 1.65 bits per heavy atom. The van der Waals surface area contributed by atoms with Gasteiger partial charge in [0, 0.05) is 12.1 Å². The fraction of sp³-hybridized carbons (Fsp3) is 0.435. The Kier molecular flexibility index (Phi) is 8.33. The number of benzene rings is 2. The Hall–Kier alpha value is -2.74. The number of sulfonamides is 1. The Morgan fingerprint density at radius 1 is 1.03 bits per heavy atom. The zero-order valence-corrected chi connectivity index (χ0v) is 19.9. The average Bonchev–Trinajstić information content (AvgIpc) is 2.70. The van der Waals surface area contributed by atoms with Crippen LogP contribution in [0.2, 0.25) is 0 Å². The first-order chi connectivity index (χ1) is 14.6. The van der Waals surface area contributed by atoms with Gasteiger partial charge >= 0.3 is 0 Å². The molecular weight excluding hydrogens is 416 g/mol. The van der Waals surface area contributed by atoms with E-state index in [1.807, 2.05) is 33.8 Å². The molecule has 0 spiro atoms. The summed E-state index contributed by atoms with van der Waals surface area (Å²) >= 11 is 0. The number of rotatable bonds is 10. The van der Waals surface area contributed by atoms with Crippen LogP contribution in [0.1, 0.15) is 37.8 Å². The lowest BCUT2D eigenvalue weighted by atomic mass is 10.1. The zero-order valence-electron chi connectivity index (χ0n) is 19.1. The number of hydrogen-bond donors (Lipinski definition) is 1. The second kappa shape index (κ2) is 10.5. The maximum atomic E-state index is 13.6. The third kappa shape index (κ3) is 6.13. The first kappa shape index (κ1) is 24.5. The molecule has 0 fully saturated rings. The minimum absolute atomic E-state index is 0.0127. The molecule has 8 heteroatoms. The fourth-order valence-electron chi connectivity index (χ4n) is 3.47. The van der Waals surface area contributed by atoms with Gasteiger partial charge < -0.3 is 14.8 Å². The average molecular weight is 449 g/mol. The molecule has 31 heavy (non-hydrogen) atoms. The van der Waals surface area contributed by atoms with E-state index in [1.54, 1.807) is 12.1 Å². The molecule has 2 rings (SSSR count). The van der Waals surface area contributed by atoms with Crippen LogP contribution in [0.5, 0.6) is 11.5 Å². The molecule has 1 atom stereocenters. The van der Waals surface area contributed by atoms with E-state index < -0.39 is 10.0 Å². The van der Waals surface area contributed by atoms with Crippen LogP contribution >= 0.6 is 0 Å². The Bertz CT molecular complexity index is 1000. The topological polar surface area (TPSA) is 84.9 Å². The highest BCUT2D eigenvalue weighted by molar-refractivity contribution is 7.92. The van der Waals surface area contributed by atoms with Gasteiger partial charge in [0.05, 0.1) is 24.8 Å². The van der Waals surface area contributed by atoms with Crippen LogP contribution in [0.25, 0.3) is 0 Å². The number of anilines is 1. The molecular formula is C23H32N2O5S. The molecule has 0 aliphatic rings. The summed E-state index contributed by atoms with van der Waals surface area (Å²) in [5, 5.41) is 2.88. The summed E-state index contributed by atoms with van der Waals surface area (Å²) in [4.78, 5) is 12.7. The van der Waals surface area contributed by atoms with Gasteiger partial charge in [-0.3, -0.25) is 9.10 Å². The molecule has 0 saturated carbocycles. The van der Waals surface area contributed by atoms with E-state index in [9.17, 15) is 13.2 Å². The minimum atomic E-state index is -4.05. The van der Waals surface area contributed by atoms with Crippen LogP contribution in [-0.2, 0) is 14.8 Å². The van der Waals surface area contributed by atoms with E-state index in [0.717, 1.165) is 28.3 Å². The van der Waals surface area contributed by atoms with Crippen molar-refractivity contribution in [3.05, 3.63) is 47.5 Å². The highest BCUT2D eigenvalue weighted by atomic mass is 32.2. The van der Waals surface area contributed by atoms with Crippen molar-refractivity contribution < 1.29 is 22.7 Å². The van der Waals surface area contributed by atoms with E-state index in [1.165, 1.54) is 32.4 Å². The van der Waals surface area contributed by atoms with Crippen molar-refractivity contribution in [2.75, 3.05) is 25.1 Å². The van der Waals surface area contributed by atoms with Crippen molar-refractivity contribution in [1.82, 2.24) is 5.32 Å². The summed E-state index contributed by atoms with van der Waals surface area (Å²) < 4.78 is 38.9. The summed E-state index contributed by atoms with van der Waals surface area (Å²) in [5.41, 5.74) is 2.25. The number of aryl methyl sites for hydroxylation is 2. The van der Waals surface area contributed by atoms with Crippen LogP contribution < -0.4 is 19.1 Å². The number of carbonyl (C=O) groups excluding carboxylic acids is 1. The standard InChI is InChI=1S/C23H32N2O5S/c1-7-8-18(4)24-23(26)15-25(19-12-16(2)11-17(3)13-19)31(27,28)20-9-10-21(29-5)22(14-20)30-6/h9-14,18H,7-8,15H2,1-6H3,(H,24,26). The van der Waals surface area contributed by atoms with E-state index >= 15 is 0 Å². The van der Waals surface area contributed by atoms with Gasteiger partial charge in [-0.2, -0.15) is 0 Å². The van der Waals surface area contributed by atoms with E-state index in [-0.39, 0.29) is 23.4 Å². The van der Waals surface area contributed by atoms with Gasteiger partial charge in [-0.05, 0) is 62.6 Å². The van der Waals surface area contributed by atoms with Crippen LogP contribution in [0, 0.1) is 13.8 Å². The molecule has 0 saturated heterocycles. The highest BCUT2D eigenvalue weighted by Gasteiger charge is 2.29. The van der Waals surface area contributed by atoms with Crippen LogP contribution in [-0.4, -0.2) is 41.1 Å². The lowest BCUT2D eigenvalue weighted by Gasteiger charge is -2.26. The van der Waals surface area contributed by atoms with Crippen LogP contribution in [0.15, 0.2) is 41.3 Å². The van der Waals surface area contributed by atoms with Crippen molar-refractivity contribution in [2.45, 2.75) is 51.5 Å². The molecule has 0 bridgehead atoms. The lowest BCUT2D eigenvalue weighted by Crippen LogP contribution is -2.43. The number of hydrogen-bond acceptors (Lipinski definition) is 5.